The van der Waals surface area contributed by atoms with Gasteiger partial charge in [-0.1, -0.05) is 0 Å². The molecule has 0 aliphatic carbocycles. The molecule has 3 heterocycles. The number of carbonyl (C=O) groups is 1. The number of esters is 1. The van der Waals surface area contributed by atoms with Gasteiger partial charge in [0.25, 0.3) is 5.56 Å². The lowest BCUT2D eigenvalue weighted by Gasteiger charge is -2.16. The molecule has 0 bridgehead atoms. The summed E-state index contributed by atoms with van der Waals surface area (Å²) >= 11 is 0. The van der Waals surface area contributed by atoms with Crippen LogP contribution in [-0.2, 0) is 23.4 Å². The summed E-state index contributed by atoms with van der Waals surface area (Å²) in [7, 11) is -4.82. The number of ether oxygens (including phenoxy) is 2. The number of phosphoric ester groups is 1. The van der Waals surface area contributed by atoms with Crippen molar-refractivity contribution in [3.05, 3.63) is 16.7 Å². The zero-order chi connectivity index (χ0) is 19.8. The zero-order valence-electron chi connectivity index (χ0n) is 13.6. The second-order valence-electron chi connectivity index (χ2n) is 5.62. The topological polar surface area (TPSA) is 212 Å². The van der Waals surface area contributed by atoms with Crippen molar-refractivity contribution in [1.82, 2.24) is 19.5 Å². The number of anilines is 1. The maximum absolute atomic E-state index is 11.8. The summed E-state index contributed by atoms with van der Waals surface area (Å²) in [5, 5.41) is 9.44. The van der Waals surface area contributed by atoms with Gasteiger partial charge in [-0.15, -0.1) is 0 Å². The van der Waals surface area contributed by atoms with E-state index in [4.69, 9.17) is 25.0 Å². The molecule has 1 aliphatic heterocycles. The lowest BCUT2D eigenvalue weighted by Crippen LogP contribution is -2.31. The zero-order valence-corrected chi connectivity index (χ0v) is 14.5. The number of aliphatic hydroxyl groups excluding tert-OH is 1. The smallest absolute Gasteiger partial charge is 0.458 e. The number of aliphatic hydroxyl groups is 1. The minimum absolute atomic E-state index is 0.0313. The summed E-state index contributed by atoms with van der Waals surface area (Å²) in [5.41, 5.74) is 5.17. The van der Waals surface area contributed by atoms with E-state index in [-0.39, 0.29) is 23.5 Å². The van der Waals surface area contributed by atoms with E-state index in [1.807, 2.05) is 0 Å². The van der Waals surface area contributed by atoms with Crippen LogP contribution in [0, 0.1) is 0 Å². The number of phosphoric acid groups is 1. The van der Waals surface area contributed by atoms with Crippen molar-refractivity contribution < 1.29 is 38.3 Å². The van der Waals surface area contributed by atoms with E-state index in [9.17, 15) is 19.3 Å². The number of carbonyl (C=O) groups excluding carboxylic acids is 1. The number of fused-ring (bicyclic) bond motifs is 1. The van der Waals surface area contributed by atoms with Crippen molar-refractivity contribution >= 4 is 30.9 Å². The third kappa shape index (κ3) is 4.32. The van der Waals surface area contributed by atoms with Crippen LogP contribution in [0.3, 0.4) is 0 Å². The maximum Gasteiger partial charge on any atom is 0.470 e. The lowest BCUT2D eigenvalue weighted by atomic mass is 10.2. The molecule has 3 atom stereocenters. The molecule has 148 valence electrons. The average Bonchev–Trinajstić information content (AvgIpc) is 3.16. The highest BCUT2D eigenvalue weighted by molar-refractivity contribution is 7.46. The van der Waals surface area contributed by atoms with Crippen molar-refractivity contribution in [2.45, 2.75) is 24.9 Å². The third-order valence-electron chi connectivity index (χ3n) is 3.75. The van der Waals surface area contributed by atoms with Crippen molar-refractivity contribution in [3.63, 3.8) is 0 Å². The van der Waals surface area contributed by atoms with Crippen LogP contribution in [0.1, 0.15) is 12.6 Å². The number of nitrogens with one attached hydrogen (secondary N) is 1. The van der Waals surface area contributed by atoms with E-state index in [0.717, 1.165) is 0 Å². The van der Waals surface area contributed by atoms with Crippen LogP contribution in [0.15, 0.2) is 11.1 Å². The average molecular weight is 405 g/mol. The van der Waals surface area contributed by atoms with Crippen LogP contribution in [0.2, 0.25) is 0 Å². The summed E-state index contributed by atoms with van der Waals surface area (Å²) in [5.74, 6) is -1.16. The Balaban J connectivity index is 1.75. The molecule has 0 radical (unpaired) electrons. The quantitative estimate of drug-likeness (QED) is 0.261. The first-order valence-electron chi connectivity index (χ1n) is 7.56. The minimum atomic E-state index is -4.82. The Morgan fingerprint density at radius 1 is 1.52 bits per heavy atom. The number of hydrogen-bond donors (Lipinski definition) is 5. The molecule has 0 saturated carbocycles. The first kappa shape index (κ1) is 19.4. The molecule has 15 heteroatoms. The molecule has 0 unspecified atom stereocenters. The van der Waals surface area contributed by atoms with Crippen molar-refractivity contribution in [1.29, 1.82) is 0 Å². The van der Waals surface area contributed by atoms with E-state index in [1.165, 1.54) is 10.9 Å². The van der Waals surface area contributed by atoms with Gasteiger partial charge in [-0.05, 0) is 0 Å². The van der Waals surface area contributed by atoms with Gasteiger partial charge in [0.05, 0.1) is 12.9 Å². The highest BCUT2D eigenvalue weighted by Gasteiger charge is 2.39. The summed E-state index contributed by atoms with van der Waals surface area (Å²) in [6.07, 6.45) is -1.25. The van der Waals surface area contributed by atoms with Crippen molar-refractivity contribution in [2.75, 3.05) is 18.9 Å². The third-order valence-corrected chi connectivity index (χ3v) is 4.22. The van der Waals surface area contributed by atoms with Gasteiger partial charge in [-0.25, -0.2) is 14.3 Å². The molecular weight excluding hydrogens is 389 g/mol. The number of H-pyrrole nitrogens is 1. The molecule has 2 aromatic rings. The van der Waals surface area contributed by atoms with E-state index in [1.54, 1.807) is 0 Å². The number of imidazole rings is 1. The van der Waals surface area contributed by atoms with Crippen molar-refractivity contribution in [3.8, 4) is 0 Å². The number of rotatable bonds is 6. The van der Waals surface area contributed by atoms with E-state index >= 15 is 0 Å². The molecule has 1 saturated heterocycles. The Kier molecular flexibility index (Phi) is 5.28. The monoisotopic (exact) mass is 405 g/mol. The molecule has 0 aromatic carbocycles. The summed E-state index contributed by atoms with van der Waals surface area (Å²) < 4.78 is 26.8. The fourth-order valence-corrected chi connectivity index (χ4v) is 2.93. The molecule has 3 rings (SSSR count). The van der Waals surface area contributed by atoms with Gasteiger partial charge < -0.3 is 30.1 Å². The Bertz CT molecular complexity index is 952. The molecular formula is C12H16N5O9P. The number of nitrogens with zero attached hydrogens (tertiary/aromatic N) is 3. The van der Waals surface area contributed by atoms with Gasteiger partial charge in [0, 0.05) is 6.42 Å². The fourth-order valence-electron chi connectivity index (χ4n) is 2.65. The van der Waals surface area contributed by atoms with E-state index in [0.29, 0.717) is 0 Å². The van der Waals surface area contributed by atoms with Gasteiger partial charge in [0.15, 0.2) is 17.8 Å². The molecule has 1 fully saturated rings. The number of aromatic nitrogens is 4. The summed E-state index contributed by atoms with van der Waals surface area (Å²) in [6.45, 7) is -1.46. The predicted molar refractivity (Wildman–Crippen MR) is 86.1 cm³/mol. The standard InChI is InChI=1S/C12H16N5O9P/c13-12-15-10-9(11(20)16-12)14-4-17(10)7-1-5(6(2-18)25-7)26-8(19)3-24-27(21,22)23/h4-7,18H,1-3H2,(H2,21,22,23)(H3,13,15,16,20)/t5-,6+,7+/m0/s1. The molecule has 0 spiro atoms. The van der Waals surface area contributed by atoms with Crippen LogP contribution in [-0.4, -0.2) is 65.8 Å². The van der Waals surface area contributed by atoms with Gasteiger partial charge in [-0.3, -0.25) is 18.9 Å². The van der Waals surface area contributed by atoms with Gasteiger partial charge >= 0.3 is 13.8 Å². The van der Waals surface area contributed by atoms with Crippen LogP contribution >= 0.6 is 7.82 Å². The Morgan fingerprint density at radius 3 is 2.93 bits per heavy atom. The Hall–Kier alpha value is -2.35. The number of aromatic amines is 1. The maximum atomic E-state index is 11.8. The normalized spacial score (nSPS) is 23.0. The van der Waals surface area contributed by atoms with Crippen LogP contribution in [0.5, 0.6) is 0 Å². The molecule has 2 aromatic heterocycles. The number of nitrogens with two attached hydrogens (primary N) is 1. The van der Waals surface area contributed by atoms with E-state index < -0.39 is 51.0 Å². The largest absolute Gasteiger partial charge is 0.470 e. The molecule has 14 nitrogen and oxygen atoms in total. The lowest BCUT2D eigenvalue weighted by molar-refractivity contribution is -0.156. The SMILES string of the molecule is Nc1nc2c(ncn2[C@H]2C[C@H](OC(=O)COP(=O)(O)O)[C@@H](CO)O2)c(=O)[nH]1. The van der Waals surface area contributed by atoms with Crippen molar-refractivity contribution in [2.24, 2.45) is 0 Å². The second-order valence-corrected chi connectivity index (χ2v) is 6.85. The Labute approximate surface area is 150 Å². The fraction of sp³-hybridized carbons (Fsp3) is 0.500. The first-order chi connectivity index (χ1) is 12.7. The number of nitrogen functional groups attached to an aromatic ring is 1. The number of hydrogen-bond acceptors (Lipinski definition) is 10. The molecule has 6 N–H and O–H groups in total. The predicted octanol–water partition coefficient (Wildman–Crippen LogP) is -2.00. The molecule has 1 aliphatic rings. The van der Waals surface area contributed by atoms with Gasteiger partial charge in [0.1, 0.15) is 18.4 Å². The van der Waals surface area contributed by atoms with Crippen LogP contribution in [0.4, 0.5) is 5.95 Å². The molecule has 0 amide bonds. The summed E-state index contributed by atoms with van der Waals surface area (Å²) in [6, 6.07) is 0. The second kappa shape index (κ2) is 7.34. The van der Waals surface area contributed by atoms with Gasteiger partial charge in [-0.2, -0.15) is 4.98 Å². The Morgan fingerprint density at radius 2 is 2.26 bits per heavy atom. The highest BCUT2D eigenvalue weighted by atomic mass is 31.2. The van der Waals surface area contributed by atoms with Crippen LogP contribution in [0.25, 0.3) is 11.2 Å². The van der Waals surface area contributed by atoms with E-state index in [2.05, 4.69) is 19.5 Å². The van der Waals surface area contributed by atoms with Gasteiger partial charge in [0.2, 0.25) is 5.95 Å². The minimum Gasteiger partial charge on any atom is -0.458 e. The van der Waals surface area contributed by atoms with Crippen LogP contribution < -0.4 is 11.3 Å². The molecule has 27 heavy (non-hydrogen) atoms. The first-order valence-corrected chi connectivity index (χ1v) is 9.09. The summed E-state index contributed by atoms with van der Waals surface area (Å²) in [4.78, 5) is 51.0. The highest BCUT2D eigenvalue weighted by Crippen LogP contribution is 2.36.